The van der Waals surface area contributed by atoms with Crippen LogP contribution in [0.4, 0.5) is 0 Å². The van der Waals surface area contributed by atoms with E-state index in [0.29, 0.717) is 5.92 Å². The number of fused-ring (bicyclic) bond motifs is 2. The minimum Gasteiger partial charge on any atom is -0.465 e. The van der Waals surface area contributed by atoms with E-state index in [4.69, 9.17) is 4.42 Å². The molecule has 0 aromatic carbocycles. The standard InChI is InChI=1S/C16H18OS/c1-2-4-14-12(3-1)9-15(17-14)13-6-5-11-7-8-18-16(11)10-13/h7-9,13H,1-6,10H2. The second-order valence-electron chi connectivity index (χ2n) is 5.61. The van der Waals surface area contributed by atoms with Crippen molar-refractivity contribution < 1.29 is 4.42 Å². The van der Waals surface area contributed by atoms with Gasteiger partial charge in [-0.2, -0.15) is 0 Å². The van der Waals surface area contributed by atoms with Crippen molar-refractivity contribution >= 4 is 11.3 Å². The number of furan rings is 1. The number of hydrogen-bond acceptors (Lipinski definition) is 2. The van der Waals surface area contributed by atoms with Crippen LogP contribution in [0.5, 0.6) is 0 Å². The lowest BCUT2D eigenvalue weighted by atomic mass is 9.87. The van der Waals surface area contributed by atoms with Crippen LogP contribution in [-0.2, 0) is 25.7 Å². The SMILES string of the molecule is c1cc2c(s1)CC(c1cc3c(o1)CCCC3)CC2. The molecule has 2 heterocycles. The highest BCUT2D eigenvalue weighted by Gasteiger charge is 2.25. The van der Waals surface area contributed by atoms with Crippen molar-refractivity contribution in [2.75, 3.05) is 0 Å². The lowest BCUT2D eigenvalue weighted by Crippen LogP contribution is -2.09. The Morgan fingerprint density at radius 1 is 1.11 bits per heavy atom. The first kappa shape index (κ1) is 10.9. The van der Waals surface area contributed by atoms with Crippen molar-refractivity contribution in [2.45, 2.75) is 50.9 Å². The summed E-state index contributed by atoms with van der Waals surface area (Å²) in [4.78, 5) is 1.58. The molecule has 0 saturated heterocycles. The van der Waals surface area contributed by atoms with Gasteiger partial charge < -0.3 is 4.42 Å². The van der Waals surface area contributed by atoms with E-state index in [-0.39, 0.29) is 0 Å². The predicted molar refractivity (Wildman–Crippen MR) is 74.4 cm³/mol. The Labute approximate surface area is 112 Å². The number of rotatable bonds is 1. The molecule has 0 aliphatic heterocycles. The summed E-state index contributed by atoms with van der Waals surface area (Å²) >= 11 is 1.92. The summed E-state index contributed by atoms with van der Waals surface area (Å²) < 4.78 is 6.14. The fourth-order valence-corrected chi connectivity index (χ4v) is 4.40. The molecule has 1 atom stereocenters. The van der Waals surface area contributed by atoms with E-state index in [1.165, 1.54) is 55.6 Å². The molecule has 1 nitrogen and oxygen atoms in total. The largest absolute Gasteiger partial charge is 0.465 e. The molecule has 2 aromatic heterocycles. The first-order valence-corrected chi connectivity index (χ1v) is 7.95. The van der Waals surface area contributed by atoms with Crippen molar-refractivity contribution in [1.82, 2.24) is 0 Å². The van der Waals surface area contributed by atoms with Crippen molar-refractivity contribution in [2.24, 2.45) is 0 Å². The molecule has 18 heavy (non-hydrogen) atoms. The summed E-state index contributed by atoms with van der Waals surface area (Å²) in [6.07, 6.45) is 8.72. The van der Waals surface area contributed by atoms with E-state index in [1.54, 1.807) is 10.4 Å². The van der Waals surface area contributed by atoms with Crippen molar-refractivity contribution in [1.29, 1.82) is 0 Å². The third-order valence-corrected chi connectivity index (χ3v) is 5.44. The molecule has 0 N–H and O–H groups in total. The molecule has 2 aliphatic carbocycles. The Morgan fingerprint density at radius 2 is 2.06 bits per heavy atom. The summed E-state index contributed by atoms with van der Waals surface area (Å²) in [5, 5.41) is 2.24. The second kappa shape index (κ2) is 4.27. The topological polar surface area (TPSA) is 13.1 Å². The number of aryl methyl sites for hydroxylation is 3. The predicted octanol–water partition coefficient (Wildman–Crippen LogP) is 4.49. The van der Waals surface area contributed by atoms with Gasteiger partial charge in [0, 0.05) is 17.2 Å². The van der Waals surface area contributed by atoms with E-state index in [9.17, 15) is 0 Å². The van der Waals surface area contributed by atoms with Crippen LogP contribution in [0.15, 0.2) is 21.9 Å². The fraction of sp³-hybridized carbons (Fsp3) is 0.500. The number of thiophene rings is 1. The smallest absolute Gasteiger partial charge is 0.107 e. The van der Waals surface area contributed by atoms with Crippen LogP contribution in [-0.4, -0.2) is 0 Å². The Bertz CT molecular complexity index is 540. The average Bonchev–Trinajstić information content (AvgIpc) is 3.04. The van der Waals surface area contributed by atoms with Crippen molar-refractivity contribution in [3.05, 3.63) is 45.0 Å². The molecular formula is C16H18OS. The molecule has 94 valence electrons. The van der Waals surface area contributed by atoms with Gasteiger partial charge in [0.2, 0.25) is 0 Å². The van der Waals surface area contributed by atoms with Crippen LogP contribution >= 0.6 is 11.3 Å². The van der Waals surface area contributed by atoms with Gasteiger partial charge in [-0.1, -0.05) is 0 Å². The molecule has 0 amide bonds. The maximum atomic E-state index is 6.14. The van der Waals surface area contributed by atoms with Crippen LogP contribution in [0.1, 0.15) is 52.7 Å². The molecule has 0 bridgehead atoms. The van der Waals surface area contributed by atoms with Crippen LogP contribution in [0.25, 0.3) is 0 Å². The van der Waals surface area contributed by atoms with E-state index >= 15 is 0 Å². The Kier molecular flexibility index (Phi) is 2.58. The van der Waals surface area contributed by atoms with Gasteiger partial charge in [-0.3, -0.25) is 0 Å². The molecule has 2 aliphatic rings. The molecule has 1 unspecified atom stereocenters. The molecular weight excluding hydrogens is 240 g/mol. The Morgan fingerprint density at radius 3 is 3.00 bits per heavy atom. The highest BCUT2D eigenvalue weighted by molar-refractivity contribution is 7.10. The lowest BCUT2D eigenvalue weighted by molar-refractivity contribution is 0.400. The minimum atomic E-state index is 0.627. The molecule has 4 rings (SSSR count). The maximum Gasteiger partial charge on any atom is 0.107 e. The van der Waals surface area contributed by atoms with Gasteiger partial charge in [-0.25, -0.2) is 0 Å². The normalized spacial score (nSPS) is 22.6. The summed E-state index contributed by atoms with van der Waals surface area (Å²) in [6.45, 7) is 0. The first-order chi connectivity index (χ1) is 8.90. The minimum absolute atomic E-state index is 0.627. The third kappa shape index (κ3) is 1.74. The van der Waals surface area contributed by atoms with Gasteiger partial charge in [0.25, 0.3) is 0 Å². The van der Waals surface area contributed by atoms with Gasteiger partial charge >= 0.3 is 0 Å². The highest BCUT2D eigenvalue weighted by atomic mass is 32.1. The van der Waals surface area contributed by atoms with Gasteiger partial charge in [0.1, 0.15) is 11.5 Å². The molecule has 2 aromatic rings. The van der Waals surface area contributed by atoms with Crippen LogP contribution in [0.2, 0.25) is 0 Å². The third-order valence-electron chi connectivity index (χ3n) is 4.45. The molecule has 0 radical (unpaired) electrons. The number of hydrogen-bond donors (Lipinski definition) is 0. The molecule has 0 spiro atoms. The van der Waals surface area contributed by atoms with Crippen LogP contribution in [0.3, 0.4) is 0 Å². The zero-order chi connectivity index (χ0) is 11.9. The van der Waals surface area contributed by atoms with E-state index in [1.807, 2.05) is 11.3 Å². The Balaban J connectivity index is 1.62. The molecule has 0 saturated carbocycles. The van der Waals surface area contributed by atoms with Gasteiger partial charge in [0.05, 0.1) is 0 Å². The van der Waals surface area contributed by atoms with Crippen LogP contribution in [0, 0.1) is 0 Å². The zero-order valence-electron chi connectivity index (χ0n) is 10.6. The van der Waals surface area contributed by atoms with Crippen LogP contribution < -0.4 is 0 Å². The second-order valence-corrected chi connectivity index (χ2v) is 6.61. The van der Waals surface area contributed by atoms with Crippen molar-refractivity contribution in [3.8, 4) is 0 Å². The lowest BCUT2D eigenvalue weighted by Gasteiger charge is -2.20. The summed E-state index contributed by atoms with van der Waals surface area (Å²) in [5.74, 6) is 3.18. The maximum absolute atomic E-state index is 6.14. The van der Waals surface area contributed by atoms with Gasteiger partial charge in [0.15, 0.2) is 0 Å². The van der Waals surface area contributed by atoms with E-state index < -0.39 is 0 Å². The average molecular weight is 258 g/mol. The fourth-order valence-electron chi connectivity index (χ4n) is 3.38. The van der Waals surface area contributed by atoms with E-state index in [0.717, 1.165) is 6.42 Å². The quantitative estimate of drug-likeness (QED) is 0.734. The summed E-state index contributed by atoms with van der Waals surface area (Å²) in [7, 11) is 0. The van der Waals surface area contributed by atoms with Gasteiger partial charge in [-0.15, -0.1) is 11.3 Å². The first-order valence-electron chi connectivity index (χ1n) is 7.07. The highest BCUT2D eigenvalue weighted by Crippen LogP contribution is 2.37. The van der Waals surface area contributed by atoms with E-state index in [2.05, 4.69) is 17.5 Å². The molecule has 2 heteroatoms. The Hall–Kier alpha value is -1.02. The monoisotopic (exact) mass is 258 g/mol. The summed E-state index contributed by atoms with van der Waals surface area (Å²) in [6, 6.07) is 4.65. The van der Waals surface area contributed by atoms with Crippen molar-refractivity contribution in [3.63, 3.8) is 0 Å². The summed E-state index contributed by atoms with van der Waals surface area (Å²) in [5.41, 5.74) is 3.07. The molecule has 0 fully saturated rings. The van der Waals surface area contributed by atoms with Gasteiger partial charge in [-0.05, 0) is 67.2 Å². The zero-order valence-corrected chi connectivity index (χ0v) is 11.4.